The second kappa shape index (κ2) is 5.92. The number of anilines is 1. The van der Waals surface area contributed by atoms with Crippen LogP contribution in [0.5, 0.6) is 0 Å². The predicted molar refractivity (Wildman–Crippen MR) is 80.9 cm³/mol. The molecule has 0 bridgehead atoms. The van der Waals surface area contributed by atoms with Gasteiger partial charge in [-0.2, -0.15) is 0 Å². The second-order valence-corrected chi connectivity index (χ2v) is 5.93. The SMILES string of the molecule is O=C(c1ccc(NC2CC2)c([N+](=O)[O-])c1)N1CCC(O)CC1. The number of nitro groups is 1. The number of nitrogens with zero attached hydrogens (tertiary/aromatic N) is 2. The Kier molecular flexibility index (Phi) is 3.98. The predicted octanol–water partition coefficient (Wildman–Crippen LogP) is 1.77. The molecule has 0 radical (unpaired) electrons. The number of hydrogen-bond donors (Lipinski definition) is 2. The summed E-state index contributed by atoms with van der Waals surface area (Å²) in [5.41, 5.74) is 0.734. The van der Waals surface area contributed by atoms with E-state index in [1.165, 1.54) is 6.07 Å². The summed E-state index contributed by atoms with van der Waals surface area (Å²) >= 11 is 0. The summed E-state index contributed by atoms with van der Waals surface area (Å²) in [6.45, 7) is 0.964. The molecular weight excluding hydrogens is 286 g/mol. The minimum atomic E-state index is -0.457. The van der Waals surface area contributed by atoms with Crippen LogP contribution in [0.1, 0.15) is 36.0 Å². The molecule has 1 amide bonds. The molecule has 1 aromatic rings. The number of benzene rings is 1. The van der Waals surface area contributed by atoms with E-state index in [2.05, 4.69) is 5.32 Å². The van der Waals surface area contributed by atoms with Crippen LogP contribution in [0, 0.1) is 10.1 Å². The van der Waals surface area contributed by atoms with Gasteiger partial charge in [0.15, 0.2) is 0 Å². The summed E-state index contributed by atoms with van der Waals surface area (Å²) in [5.74, 6) is -0.215. The monoisotopic (exact) mass is 305 g/mol. The minimum absolute atomic E-state index is 0.0604. The summed E-state index contributed by atoms with van der Waals surface area (Å²) < 4.78 is 0. The van der Waals surface area contributed by atoms with Gasteiger partial charge in [0.25, 0.3) is 11.6 Å². The zero-order valence-electron chi connectivity index (χ0n) is 12.2. The molecule has 3 rings (SSSR count). The molecule has 1 aliphatic heterocycles. The number of rotatable bonds is 4. The Morgan fingerprint density at radius 1 is 1.27 bits per heavy atom. The zero-order chi connectivity index (χ0) is 15.7. The fourth-order valence-electron chi connectivity index (χ4n) is 2.64. The Hall–Kier alpha value is -2.15. The van der Waals surface area contributed by atoms with Gasteiger partial charge in [-0.3, -0.25) is 14.9 Å². The average molecular weight is 305 g/mol. The topological polar surface area (TPSA) is 95.7 Å². The number of piperidine rings is 1. The van der Waals surface area contributed by atoms with Crippen molar-refractivity contribution in [3.05, 3.63) is 33.9 Å². The van der Waals surface area contributed by atoms with Crippen LogP contribution < -0.4 is 5.32 Å². The van der Waals surface area contributed by atoms with Gasteiger partial charge < -0.3 is 15.3 Å². The van der Waals surface area contributed by atoms with Crippen molar-refractivity contribution < 1.29 is 14.8 Å². The van der Waals surface area contributed by atoms with E-state index in [1.807, 2.05) is 0 Å². The molecule has 1 heterocycles. The van der Waals surface area contributed by atoms with Crippen LogP contribution in [0.25, 0.3) is 0 Å². The minimum Gasteiger partial charge on any atom is -0.393 e. The van der Waals surface area contributed by atoms with E-state index in [0.717, 1.165) is 12.8 Å². The molecule has 0 unspecified atom stereocenters. The van der Waals surface area contributed by atoms with Crippen LogP contribution in [-0.4, -0.2) is 46.1 Å². The molecule has 7 nitrogen and oxygen atoms in total. The van der Waals surface area contributed by atoms with Crippen molar-refractivity contribution in [1.82, 2.24) is 4.90 Å². The molecule has 2 N–H and O–H groups in total. The van der Waals surface area contributed by atoms with E-state index in [4.69, 9.17) is 0 Å². The van der Waals surface area contributed by atoms with E-state index >= 15 is 0 Å². The van der Waals surface area contributed by atoms with Crippen molar-refractivity contribution in [3.63, 3.8) is 0 Å². The van der Waals surface area contributed by atoms with Gasteiger partial charge in [-0.05, 0) is 37.8 Å². The highest BCUT2D eigenvalue weighted by Crippen LogP contribution is 2.32. The molecule has 2 aliphatic rings. The number of carbonyl (C=O) groups excluding carboxylic acids is 1. The third kappa shape index (κ3) is 3.19. The summed E-state index contributed by atoms with van der Waals surface area (Å²) in [6.07, 6.45) is 2.79. The van der Waals surface area contributed by atoms with Gasteiger partial charge in [-0.15, -0.1) is 0 Å². The van der Waals surface area contributed by atoms with Crippen molar-refractivity contribution in [2.45, 2.75) is 37.8 Å². The highest BCUT2D eigenvalue weighted by molar-refractivity contribution is 5.95. The van der Waals surface area contributed by atoms with E-state index in [-0.39, 0.29) is 17.7 Å². The van der Waals surface area contributed by atoms with Crippen LogP contribution in [-0.2, 0) is 0 Å². The van der Waals surface area contributed by atoms with Gasteiger partial charge in [0.1, 0.15) is 5.69 Å². The second-order valence-electron chi connectivity index (χ2n) is 5.93. The highest BCUT2D eigenvalue weighted by atomic mass is 16.6. The van der Waals surface area contributed by atoms with Gasteiger partial charge in [-0.25, -0.2) is 0 Å². The Balaban J connectivity index is 1.79. The zero-order valence-corrected chi connectivity index (χ0v) is 12.2. The molecule has 1 saturated carbocycles. The first-order valence-electron chi connectivity index (χ1n) is 7.57. The fraction of sp³-hybridized carbons (Fsp3) is 0.533. The van der Waals surface area contributed by atoms with Crippen molar-refractivity contribution in [2.75, 3.05) is 18.4 Å². The van der Waals surface area contributed by atoms with E-state index < -0.39 is 4.92 Å². The molecule has 1 aliphatic carbocycles. The van der Waals surface area contributed by atoms with Gasteiger partial charge in [0.05, 0.1) is 11.0 Å². The first kappa shape index (κ1) is 14.8. The maximum atomic E-state index is 12.4. The van der Waals surface area contributed by atoms with Gasteiger partial charge in [0, 0.05) is 30.8 Å². The molecule has 0 aromatic heterocycles. The molecule has 0 spiro atoms. The highest BCUT2D eigenvalue weighted by Gasteiger charge is 2.27. The van der Waals surface area contributed by atoms with Gasteiger partial charge in [-0.1, -0.05) is 0 Å². The van der Waals surface area contributed by atoms with Gasteiger partial charge in [0.2, 0.25) is 0 Å². The number of nitro benzene ring substituents is 1. The number of likely N-dealkylation sites (tertiary alicyclic amines) is 1. The Bertz CT molecular complexity index is 592. The summed E-state index contributed by atoms with van der Waals surface area (Å²) in [6, 6.07) is 4.90. The van der Waals surface area contributed by atoms with Crippen LogP contribution in [0.15, 0.2) is 18.2 Å². The van der Waals surface area contributed by atoms with Crippen LogP contribution in [0.2, 0.25) is 0 Å². The summed E-state index contributed by atoms with van der Waals surface area (Å²) in [4.78, 5) is 24.8. The lowest BCUT2D eigenvalue weighted by Crippen LogP contribution is -2.40. The maximum absolute atomic E-state index is 12.4. The third-order valence-corrected chi connectivity index (χ3v) is 4.13. The normalized spacial score (nSPS) is 19.0. The van der Waals surface area contributed by atoms with E-state index in [0.29, 0.717) is 43.2 Å². The number of carbonyl (C=O) groups is 1. The van der Waals surface area contributed by atoms with Crippen molar-refractivity contribution in [1.29, 1.82) is 0 Å². The first-order valence-corrected chi connectivity index (χ1v) is 7.57. The lowest BCUT2D eigenvalue weighted by atomic mass is 10.1. The van der Waals surface area contributed by atoms with Crippen molar-refractivity contribution >= 4 is 17.3 Å². The Labute approximate surface area is 128 Å². The number of aliphatic hydroxyl groups is 1. The largest absolute Gasteiger partial charge is 0.393 e. The van der Waals surface area contributed by atoms with Crippen LogP contribution in [0.3, 0.4) is 0 Å². The number of nitrogens with one attached hydrogen (secondary N) is 1. The average Bonchev–Trinajstić information content (AvgIpc) is 3.31. The fourth-order valence-corrected chi connectivity index (χ4v) is 2.64. The van der Waals surface area contributed by atoms with Crippen molar-refractivity contribution in [3.8, 4) is 0 Å². The molecule has 22 heavy (non-hydrogen) atoms. The third-order valence-electron chi connectivity index (χ3n) is 4.13. The molecule has 1 saturated heterocycles. The Morgan fingerprint density at radius 2 is 1.95 bits per heavy atom. The number of hydrogen-bond acceptors (Lipinski definition) is 5. The number of amides is 1. The molecular formula is C15H19N3O4. The van der Waals surface area contributed by atoms with E-state index in [9.17, 15) is 20.0 Å². The van der Waals surface area contributed by atoms with E-state index in [1.54, 1.807) is 17.0 Å². The molecule has 118 valence electrons. The van der Waals surface area contributed by atoms with Crippen molar-refractivity contribution in [2.24, 2.45) is 0 Å². The molecule has 0 atom stereocenters. The summed E-state index contributed by atoms with van der Waals surface area (Å²) in [7, 11) is 0. The standard InChI is InChI=1S/C15H19N3O4/c19-12-5-7-17(8-6-12)15(20)10-1-4-13(16-11-2-3-11)14(9-10)18(21)22/h1,4,9,11-12,16,19H,2-3,5-8H2. The van der Waals surface area contributed by atoms with Crippen LogP contribution >= 0.6 is 0 Å². The maximum Gasteiger partial charge on any atom is 0.293 e. The molecule has 7 heteroatoms. The molecule has 2 fully saturated rings. The lowest BCUT2D eigenvalue weighted by molar-refractivity contribution is -0.384. The number of aliphatic hydroxyl groups excluding tert-OH is 1. The summed E-state index contributed by atoms with van der Waals surface area (Å²) in [5, 5.41) is 23.8. The quantitative estimate of drug-likeness (QED) is 0.653. The lowest BCUT2D eigenvalue weighted by Gasteiger charge is -2.29. The smallest absolute Gasteiger partial charge is 0.293 e. The Morgan fingerprint density at radius 3 is 2.55 bits per heavy atom. The van der Waals surface area contributed by atoms with Gasteiger partial charge >= 0.3 is 0 Å². The molecule has 1 aromatic carbocycles. The first-order chi connectivity index (χ1) is 10.5. The van der Waals surface area contributed by atoms with Crippen LogP contribution in [0.4, 0.5) is 11.4 Å².